The molecule has 0 N–H and O–H groups in total. The van der Waals surface area contributed by atoms with Crippen molar-refractivity contribution in [2.24, 2.45) is 0 Å². The predicted molar refractivity (Wildman–Crippen MR) is 80.4 cm³/mol. The number of hydrogen-bond acceptors (Lipinski definition) is 3. The standard InChI is InChI=1S/C14H20O3P2/c1-19(18)17-10-12-4-2-3-11-9-14(6-5-13(11)12)15-7-8-16-14/h2-4H,5-10,18H2,1H3. The molecular formula is C14H20O3P2. The first-order valence-corrected chi connectivity index (χ1v) is 10.00. The second-order valence-corrected chi connectivity index (χ2v) is 8.69. The topological polar surface area (TPSA) is 27.7 Å². The van der Waals surface area contributed by atoms with Gasteiger partial charge in [0.15, 0.2) is 5.79 Å². The van der Waals surface area contributed by atoms with Crippen LogP contribution < -0.4 is 0 Å². The summed E-state index contributed by atoms with van der Waals surface area (Å²) in [6, 6.07) is 6.49. The number of benzene rings is 1. The van der Waals surface area contributed by atoms with Crippen molar-refractivity contribution >= 4 is 16.8 Å². The van der Waals surface area contributed by atoms with Crippen molar-refractivity contribution in [3.05, 3.63) is 34.9 Å². The summed E-state index contributed by atoms with van der Waals surface area (Å²) in [4.78, 5) is 0. The highest BCUT2D eigenvalue weighted by atomic mass is 32.0. The number of rotatable bonds is 3. The lowest BCUT2D eigenvalue weighted by atomic mass is 9.85. The van der Waals surface area contributed by atoms with Crippen LogP contribution in [0.4, 0.5) is 0 Å². The summed E-state index contributed by atoms with van der Waals surface area (Å²) >= 11 is 0. The third kappa shape index (κ3) is 3.01. The molecular weight excluding hydrogens is 278 g/mol. The van der Waals surface area contributed by atoms with Crippen LogP contribution in [0.3, 0.4) is 0 Å². The van der Waals surface area contributed by atoms with Gasteiger partial charge in [0.05, 0.1) is 19.8 Å². The summed E-state index contributed by atoms with van der Waals surface area (Å²) in [7, 11) is 2.35. The van der Waals surface area contributed by atoms with Gasteiger partial charge in [0.25, 0.3) is 0 Å². The van der Waals surface area contributed by atoms with E-state index < -0.39 is 0 Å². The maximum atomic E-state index is 5.82. The lowest BCUT2D eigenvalue weighted by Gasteiger charge is -2.33. The van der Waals surface area contributed by atoms with E-state index in [1.807, 2.05) is 0 Å². The summed E-state index contributed by atoms with van der Waals surface area (Å²) in [5, 5.41) is 0. The van der Waals surface area contributed by atoms with Crippen molar-refractivity contribution in [3.8, 4) is 0 Å². The summed E-state index contributed by atoms with van der Waals surface area (Å²) in [6.07, 6.45) is 2.85. The zero-order valence-electron chi connectivity index (χ0n) is 11.2. The Morgan fingerprint density at radius 3 is 2.89 bits per heavy atom. The van der Waals surface area contributed by atoms with E-state index in [1.54, 1.807) is 0 Å². The predicted octanol–water partition coefficient (Wildman–Crippen LogP) is 3.25. The van der Waals surface area contributed by atoms with E-state index in [-0.39, 0.29) is 13.6 Å². The molecule has 3 rings (SSSR count). The van der Waals surface area contributed by atoms with Crippen LogP contribution in [-0.2, 0) is 33.4 Å². The van der Waals surface area contributed by atoms with Crippen molar-refractivity contribution < 1.29 is 14.0 Å². The highest BCUT2D eigenvalue weighted by Gasteiger charge is 2.40. The number of hydrogen-bond donors (Lipinski definition) is 0. The molecule has 2 unspecified atom stereocenters. The Morgan fingerprint density at radius 1 is 1.37 bits per heavy atom. The monoisotopic (exact) mass is 298 g/mol. The molecule has 0 amide bonds. The van der Waals surface area contributed by atoms with Crippen molar-refractivity contribution in [2.45, 2.75) is 31.7 Å². The van der Waals surface area contributed by atoms with Gasteiger partial charge in [-0.05, 0) is 29.8 Å². The quantitative estimate of drug-likeness (QED) is 0.802. The van der Waals surface area contributed by atoms with Gasteiger partial charge in [-0.2, -0.15) is 0 Å². The SMILES string of the molecule is CP(P)OCc1cccc2c1CCC1(C2)OCCO1. The molecule has 1 aromatic carbocycles. The molecule has 1 fully saturated rings. The van der Waals surface area contributed by atoms with E-state index in [0.717, 1.165) is 32.5 Å². The fourth-order valence-corrected chi connectivity index (χ4v) is 3.48. The van der Waals surface area contributed by atoms with Crippen molar-refractivity contribution in [2.75, 3.05) is 19.9 Å². The molecule has 0 aromatic heterocycles. The Bertz CT molecular complexity index is 456. The fourth-order valence-electron chi connectivity index (χ4n) is 2.92. The van der Waals surface area contributed by atoms with Gasteiger partial charge in [-0.3, -0.25) is 0 Å². The average molecular weight is 298 g/mol. The zero-order chi connectivity index (χ0) is 13.3. The molecule has 1 aliphatic carbocycles. The molecule has 0 saturated carbocycles. The molecule has 5 heteroatoms. The summed E-state index contributed by atoms with van der Waals surface area (Å²) < 4.78 is 17.4. The lowest BCUT2D eigenvalue weighted by molar-refractivity contribution is -0.163. The van der Waals surface area contributed by atoms with Crippen LogP contribution in [0.2, 0.25) is 0 Å². The lowest BCUT2D eigenvalue weighted by Crippen LogP contribution is -2.37. The van der Waals surface area contributed by atoms with E-state index in [2.05, 4.69) is 33.8 Å². The molecule has 1 aromatic rings. The maximum absolute atomic E-state index is 5.82. The second-order valence-electron chi connectivity index (χ2n) is 5.16. The Balaban J connectivity index is 1.80. The van der Waals surface area contributed by atoms with Gasteiger partial charge in [0, 0.05) is 20.7 Å². The van der Waals surface area contributed by atoms with Crippen LogP contribution in [0.1, 0.15) is 23.1 Å². The van der Waals surface area contributed by atoms with Crippen LogP contribution in [0, 0.1) is 0 Å². The largest absolute Gasteiger partial charge is 0.351 e. The molecule has 2 aliphatic rings. The van der Waals surface area contributed by atoms with Crippen molar-refractivity contribution in [1.29, 1.82) is 0 Å². The normalized spacial score (nSPS) is 22.4. The molecule has 0 bridgehead atoms. The number of ether oxygens (including phenoxy) is 2. The third-order valence-electron chi connectivity index (χ3n) is 3.82. The zero-order valence-corrected chi connectivity index (χ0v) is 13.3. The minimum atomic E-state index is -0.385. The van der Waals surface area contributed by atoms with Crippen LogP contribution in [0.5, 0.6) is 0 Å². The summed E-state index contributed by atoms with van der Waals surface area (Å²) in [5.74, 6) is -0.343. The van der Waals surface area contributed by atoms with Crippen molar-refractivity contribution in [1.82, 2.24) is 0 Å². The van der Waals surface area contributed by atoms with Crippen LogP contribution >= 0.6 is 16.8 Å². The Kier molecular flexibility index (Phi) is 4.22. The van der Waals surface area contributed by atoms with E-state index in [0.29, 0.717) is 6.61 Å². The number of fused-ring (bicyclic) bond motifs is 1. The Hall–Kier alpha value is -0.0400. The first-order valence-electron chi connectivity index (χ1n) is 6.67. The highest BCUT2D eigenvalue weighted by molar-refractivity contribution is 8.10. The first-order chi connectivity index (χ1) is 9.19. The van der Waals surface area contributed by atoms with Gasteiger partial charge >= 0.3 is 0 Å². The van der Waals surface area contributed by atoms with Gasteiger partial charge in [0.2, 0.25) is 0 Å². The molecule has 104 valence electrons. The molecule has 1 aliphatic heterocycles. The van der Waals surface area contributed by atoms with Gasteiger partial charge < -0.3 is 14.0 Å². The Morgan fingerprint density at radius 2 is 2.16 bits per heavy atom. The van der Waals surface area contributed by atoms with E-state index in [4.69, 9.17) is 14.0 Å². The molecule has 1 spiro atoms. The highest BCUT2D eigenvalue weighted by Crippen LogP contribution is 2.43. The molecule has 1 saturated heterocycles. The van der Waals surface area contributed by atoms with Gasteiger partial charge in [-0.1, -0.05) is 27.1 Å². The minimum Gasteiger partial charge on any atom is -0.351 e. The molecule has 1 heterocycles. The van der Waals surface area contributed by atoms with Crippen molar-refractivity contribution in [3.63, 3.8) is 0 Å². The molecule has 2 atom stereocenters. The van der Waals surface area contributed by atoms with Crippen LogP contribution in [-0.4, -0.2) is 25.7 Å². The van der Waals surface area contributed by atoms with Gasteiger partial charge in [-0.25, -0.2) is 0 Å². The second kappa shape index (κ2) is 5.76. The van der Waals surface area contributed by atoms with Crippen LogP contribution in [0.25, 0.3) is 0 Å². The first kappa shape index (κ1) is 13.9. The minimum absolute atomic E-state index is 0.343. The average Bonchev–Trinajstić information content (AvgIpc) is 2.84. The maximum Gasteiger partial charge on any atom is 0.172 e. The smallest absolute Gasteiger partial charge is 0.172 e. The molecule has 3 nitrogen and oxygen atoms in total. The van der Waals surface area contributed by atoms with E-state index in [9.17, 15) is 0 Å². The van der Waals surface area contributed by atoms with Crippen LogP contribution in [0.15, 0.2) is 18.2 Å². The third-order valence-corrected chi connectivity index (χ3v) is 4.81. The van der Waals surface area contributed by atoms with E-state index >= 15 is 0 Å². The fraction of sp³-hybridized carbons (Fsp3) is 0.571. The van der Waals surface area contributed by atoms with Gasteiger partial charge in [-0.15, -0.1) is 0 Å². The van der Waals surface area contributed by atoms with Gasteiger partial charge in [0.1, 0.15) is 0 Å². The van der Waals surface area contributed by atoms with E-state index in [1.165, 1.54) is 16.7 Å². The Labute approximate surface area is 117 Å². The summed E-state index contributed by atoms with van der Waals surface area (Å²) in [6.45, 7) is 4.27. The molecule has 19 heavy (non-hydrogen) atoms. The molecule has 0 radical (unpaired) electrons. The summed E-state index contributed by atoms with van der Waals surface area (Å²) in [5.41, 5.74) is 4.12.